The minimum atomic E-state index is 0.578. The summed E-state index contributed by atoms with van der Waals surface area (Å²) in [6.45, 7) is 0. The van der Waals surface area contributed by atoms with E-state index < -0.39 is 0 Å². The topological polar surface area (TPSA) is 72.9 Å². The Hall–Kier alpha value is -1.91. The number of methoxy groups -OCH3 is 1. The van der Waals surface area contributed by atoms with Gasteiger partial charge < -0.3 is 10.5 Å². The summed E-state index contributed by atoms with van der Waals surface area (Å²) < 4.78 is 5.09. The highest BCUT2D eigenvalue weighted by Crippen LogP contribution is 2.15. The van der Waals surface area contributed by atoms with Crippen LogP contribution in [0.3, 0.4) is 0 Å². The Kier molecular flexibility index (Phi) is 2.62. The number of nitrogens with zero attached hydrogens (tertiary/aromatic N) is 3. The zero-order valence-corrected chi connectivity index (χ0v) is 8.47. The molecule has 0 saturated carbocycles. The van der Waals surface area contributed by atoms with E-state index in [2.05, 4.69) is 15.2 Å². The lowest BCUT2D eigenvalue weighted by atomic mass is 10.1. The van der Waals surface area contributed by atoms with E-state index in [-0.39, 0.29) is 0 Å². The molecule has 0 saturated heterocycles. The van der Waals surface area contributed by atoms with Gasteiger partial charge in [-0.05, 0) is 12.5 Å². The van der Waals surface area contributed by atoms with Gasteiger partial charge in [-0.2, -0.15) is 5.10 Å². The molecule has 0 atom stereocenters. The van der Waals surface area contributed by atoms with E-state index in [0.717, 1.165) is 29.9 Å². The van der Waals surface area contributed by atoms with E-state index in [0.29, 0.717) is 5.84 Å². The summed E-state index contributed by atoms with van der Waals surface area (Å²) in [4.78, 5) is 4.06. The molecule has 1 aromatic rings. The van der Waals surface area contributed by atoms with Gasteiger partial charge in [0.2, 0.25) is 0 Å². The molecule has 0 aliphatic carbocycles. The SMILES string of the molecule is COc1cncc(C2=NN=C(N)CC2)c1. The summed E-state index contributed by atoms with van der Waals surface area (Å²) in [5.74, 6) is 1.30. The van der Waals surface area contributed by atoms with Gasteiger partial charge >= 0.3 is 0 Å². The average molecular weight is 204 g/mol. The van der Waals surface area contributed by atoms with Crippen LogP contribution in [0.4, 0.5) is 0 Å². The van der Waals surface area contributed by atoms with E-state index in [4.69, 9.17) is 10.5 Å². The maximum absolute atomic E-state index is 5.53. The lowest BCUT2D eigenvalue weighted by Gasteiger charge is -2.09. The van der Waals surface area contributed by atoms with E-state index in [1.807, 2.05) is 6.07 Å². The first-order chi connectivity index (χ1) is 7.29. The first kappa shape index (κ1) is 9.64. The van der Waals surface area contributed by atoms with Crippen LogP contribution in [-0.4, -0.2) is 23.6 Å². The molecular formula is C10H12N4O. The largest absolute Gasteiger partial charge is 0.495 e. The number of hydrogen-bond donors (Lipinski definition) is 1. The average Bonchev–Trinajstić information content (AvgIpc) is 2.30. The zero-order valence-electron chi connectivity index (χ0n) is 8.47. The predicted octanol–water partition coefficient (Wildman–Crippen LogP) is 0.945. The lowest BCUT2D eigenvalue weighted by Crippen LogP contribution is -2.17. The molecule has 0 radical (unpaired) electrons. The minimum absolute atomic E-state index is 0.578. The van der Waals surface area contributed by atoms with Gasteiger partial charge in [0.25, 0.3) is 0 Å². The number of nitrogens with two attached hydrogens (primary N) is 1. The van der Waals surface area contributed by atoms with Crippen LogP contribution in [-0.2, 0) is 0 Å². The number of ether oxygens (including phenoxy) is 1. The molecule has 0 spiro atoms. The van der Waals surface area contributed by atoms with Gasteiger partial charge in [-0.25, -0.2) is 0 Å². The van der Waals surface area contributed by atoms with Gasteiger partial charge in [0.1, 0.15) is 11.6 Å². The molecule has 78 valence electrons. The quantitative estimate of drug-likeness (QED) is 0.779. The number of aromatic nitrogens is 1. The Morgan fingerprint density at radius 1 is 1.27 bits per heavy atom. The summed E-state index contributed by atoms with van der Waals surface area (Å²) in [6, 6.07) is 1.89. The maximum atomic E-state index is 5.53. The molecule has 0 fully saturated rings. The van der Waals surface area contributed by atoms with Crippen molar-refractivity contribution >= 4 is 11.5 Å². The fraction of sp³-hybridized carbons (Fsp3) is 0.300. The molecule has 5 heteroatoms. The van der Waals surface area contributed by atoms with Crippen molar-refractivity contribution in [2.75, 3.05) is 7.11 Å². The van der Waals surface area contributed by atoms with Gasteiger partial charge in [0, 0.05) is 18.2 Å². The number of hydrogen-bond acceptors (Lipinski definition) is 5. The second-order valence-corrected chi connectivity index (χ2v) is 3.25. The Bertz CT molecular complexity index is 425. The Morgan fingerprint density at radius 2 is 2.13 bits per heavy atom. The molecule has 1 aromatic heterocycles. The normalized spacial score (nSPS) is 15.5. The molecule has 5 nitrogen and oxygen atoms in total. The second kappa shape index (κ2) is 4.08. The van der Waals surface area contributed by atoms with E-state index in [1.54, 1.807) is 19.5 Å². The Balaban J connectivity index is 2.30. The molecule has 0 unspecified atom stereocenters. The molecule has 2 N–H and O–H groups in total. The first-order valence-corrected chi connectivity index (χ1v) is 4.68. The highest BCUT2D eigenvalue weighted by atomic mass is 16.5. The van der Waals surface area contributed by atoms with Crippen LogP contribution < -0.4 is 10.5 Å². The molecule has 2 heterocycles. The van der Waals surface area contributed by atoms with Crippen LogP contribution in [0.15, 0.2) is 28.7 Å². The van der Waals surface area contributed by atoms with Crippen molar-refractivity contribution in [3.8, 4) is 5.75 Å². The van der Waals surface area contributed by atoms with Gasteiger partial charge in [-0.3, -0.25) is 4.98 Å². The van der Waals surface area contributed by atoms with Crippen LogP contribution in [0.1, 0.15) is 18.4 Å². The standard InChI is InChI=1S/C10H12N4O/c1-15-8-4-7(5-12-6-8)9-2-3-10(11)14-13-9/h4-6H,2-3H2,1H3,(H2,11,14). The van der Waals surface area contributed by atoms with Crippen molar-refractivity contribution in [2.24, 2.45) is 15.9 Å². The van der Waals surface area contributed by atoms with Gasteiger partial charge in [0.05, 0.1) is 19.0 Å². The van der Waals surface area contributed by atoms with Crippen LogP contribution in [0.25, 0.3) is 0 Å². The van der Waals surface area contributed by atoms with E-state index >= 15 is 0 Å². The number of pyridine rings is 1. The smallest absolute Gasteiger partial charge is 0.137 e. The molecule has 0 amide bonds. The second-order valence-electron chi connectivity index (χ2n) is 3.25. The zero-order chi connectivity index (χ0) is 10.7. The summed E-state index contributed by atoms with van der Waals surface area (Å²) in [6.07, 6.45) is 4.95. The molecule has 2 rings (SSSR count). The molecule has 1 aliphatic rings. The summed E-state index contributed by atoms with van der Waals surface area (Å²) in [5.41, 5.74) is 7.37. The fourth-order valence-corrected chi connectivity index (χ4v) is 1.36. The maximum Gasteiger partial charge on any atom is 0.137 e. The van der Waals surface area contributed by atoms with E-state index in [9.17, 15) is 0 Å². The van der Waals surface area contributed by atoms with Crippen LogP contribution in [0.5, 0.6) is 5.75 Å². The minimum Gasteiger partial charge on any atom is -0.495 e. The number of rotatable bonds is 2. The van der Waals surface area contributed by atoms with Gasteiger partial charge in [-0.1, -0.05) is 0 Å². The summed E-state index contributed by atoms with van der Waals surface area (Å²) in [5, 5.41) is 7.90. The number of amidine groups is 1. The highest BCUT2D eigenvalue weighted by molar-refractivity contribution is 6.04. The van der Waals surface area contributed by atoms with Crippen molar-refractivity contribution in [1.29, 1.82) is 0 Å². The van der Waals surface area contributed by atoms with Crippen LogP contribution in [0.2, 0.25) is 0 Å². The Labute approximate surface area is 87.7 Å². The third kappa shape index (κ3) is 2.12. The van der Waals surface area contributed by atoms with Gasteiger partial charge in [-0.15, -0.1) is 5.10 Å². The van der Waals surface area contributed by atoms with Crippen molar-refractivity contribution in [3.63, 3.8) is 0 Å². The predicted molar refractivity (Wildman–Crippen MR) is 58.2 cm³/mol. The molecule has 15 heavy (non-hydrogen) atoms. The van der Waals surface area contributed by atoms with Gasteiger partial charge in [0.15, 0.2) is 0 Å². The fourth-order valence-electron chi connectivity index (χ4n) is 1.36. The van der Waals surface area contributed by atoms with Crippen LogP contribution >= 0.6 is 0 Å². The third-order valence-electron chi connectivity index (χ3n) is 2.20. The summed E-state index contributed by atoms with van der Waals surface area (Å²) >= 11 is 0. The van der Waals surface area contributed by atoms with Crippen LogP contribution in [0, 0.1) is 0 Å². The highest BCUT2D eigenvalue weighted by Gasteiger charge is 2.10. The monoisotopic (exact) mass is 204 g/mol. The molecular weight excluding hydrogens is 192 g/mol. The van der Waals surface area contributed by atoms with Crippen molar-refractivity contribution < 1.29 is 4.74 Å². The Morgan fingerprint density at radius 3 is 2.80 bits per heavy atom. The molecule has 1 aliphatic heterocycles. The van der Waals surface area contributed by atoms with E-state index in [1.165, 1.54) is 0 Å². The van der Waals surface area contributed by atoms with Crippen molar-refractivity contribution in [2.45, 2.75) is 12.8 Å². The summed E-state index contributed by atoms with van der Waals surface area (Å²) in [7, 11) is 1.61. The lowest BCUT2D eigenvalue weighted by molar-refractivity contribution is 0.413. The van der Waals surface area contributed by atoms with Crippen molar-refractivity contribution in [3.05, 3.63) is 24.0 Å². The third-order valence-corrected chi connectivity index (χ3v) is 2.20. The molecule has 0 bridgehead atoms. The first-order valence-electron chi connectivity index (χ1n) is 4.68. The van der Waals surface area contributed by atoms with Crippen molar-refractivity contribution in [1.82, 2.24) is 4.98 Å². The molecule has 0 aromatic carbocycles.